The van der Waals surface area contributed by atoms with Crippen LogP contribution in [0.3, 0.4) is 0 Å². The Morgan fingerprint density at radius 3 is 2.56 bits per heavy atom. The summed E-state index contributed by atoms with van der Waals surface area (Å²) < 4.78 is 20.3. The minimum Gasteiger partial charge on any atom is -0.480 e. The lowest BCUT2D eigenvalue weighted by atomic mass is 9.87. The van der Waals surface area contributed by atoms with Crippen LogP contribution in [0.1, 0.15) is 66.7 Å². The molecule has 39 heavy (non-hydrogen) atoms. The Kier molecular flexibility index (Phi) is 7.80. The summed E-state index contributed by atoms with van der Waals surface area (Å²) in [6.07, 6.45) is 7.65. The molecular weight excluding hydrogens is 493 g/mol. The summed E-state index contributed by atoms with van der Waals surface area (Å²) in [5.41, 5.74) is 2.18. The van der Waals surface area contributed by atoms with Crippen molar-refractivity contribution in [2.24, 2.45) is 11.8 Å². The summed E-state index contributed by atoms with van der Waals surface area (Å²) in [5, 5.41) is 10.0. The van der Waals surface area contributed by atoms with E-state index in [-0.39, 0.29) is 17.7 Å². The van der Waals surface area contributed by atoms with Gasteiger partial charge in [0.25, 0.3) is 0 Å². The second-order valence-electron chi connectivity index (χ2n) is 11.8. The number of halogens is 1. The van der Waals surface area contributed by atoms with Gasteiger partial charge in [-0.15, -0.1) is 0 Å². The molecule has 2 aliphatic heterocycles. The summed E-state index contributed by atoms with van der Waals surface area (Å²) in [5.74, 6) is 2.11. The minimum absolute atomic E-state index is 0.134. The monoisotopic (exact) mass is 531 g/mol. The SMILES string of the molecule is O=C(O)C(CC1CC1)N1C[C@H](CN2CCC(c3cnc(Cc4ccccc4)o3)CC2)[C@@H](c2cccc(F)c2)C1. The van der Waals surface area contributed by atoms with Crippen LogP contribution in [0, 0.1) is 17.7 Å². The first-order valence-corrected chi connectivity index (χ1v) is 14.4. The zero-order chi connectivity index (χ0) is 26.8. The predicted octanol–water partition coefficient (Wildman–Crippen LogP) is 5.55. The number of carboxylic acids is 1. The predicted molar refractivity (Wildman–Crippen MR) is 147 cm³/mol. The van der Waals surface area contributed by atoms with Crippen molar-refractivity contribution >= 4 is 5.97 Å². The Morgan fingerprint density at radius 2 is 1.85 bits per heavy atom. The van der Waals surface area contributed by atoms with E-state index in [1.165, 1.54) is 11.6 Å². The fraction of sp³-hybridized carbons (Fsp3) is 0.500. The molecule has 1 unspecified atom stereocenters. The number of rotatable bonds is 10. The maximum absolute atomic E-state index is 14.2. The van der Waals surface area contributed by atoms with Gasteiger partial charge in [-0.1, -0.05) is 55.3 Å². The number of hydrogen-bond acceptors (Lipinski definition) is 5. The van der Waals surface area contributed by atoms with Gasteiger partial charge in [-0.3, -0.25) is 9.69 Å². The number of benzene rings is 2. The summed E-state index contributed by atoms with van der Waals surface area (Å²) in [6.45, 7) is 4.26. The van der Waals surface area contributed by atoms with E-state index in [0.29, 0.717) is 24.8 Å². The van der Waals surface area contributed by atoms with E-state index in [0.717, 1.165) is 75.5 Å². The van der Waals surface area contributed by atoms with Gasteiger partial charge in [0.2, 0.25) is 0 Å². The quantitative estimate of drug-likeness (QED) is 0.370. The number of aliphatic carboxylic acids is 1. The highest BCUT2D eigenvalue weighted by Crippen LogP contribution is 2.40. The molecule has 6 rings (SSSR count). The summed E-state index contributed by atoms with van der Waals surface area (Å²) in [4.78, 5) is 21.4. The number of carbonyl (C=O) groups is 1. The first-order chi connectivity index (χ1) is 19.0. The summed E-state index contributed by atoms with van der Waals surface area (Å²) >= 11 is 0. The van der Waals surface area contributed by atoms with E-state index in [2.05, 4.69) is 26.9 Å². The van der Waals surface area contributed by atoms with Gasteiger partial charge >= 0.3 is 5.97 Å². The zero-order valence-corrected chi connectivity index (χ0v) is 22.4. The van der Waals surface area contributed by atoms with Crippen LogP contribution in [-0.2, 0) is 11.2 Å². The van der Waals surface area contributed by atoms with E-state index in [4.69, 9.17) is 4.42 Å². The highest BCUT2D eigenvalue weighted by molar-refractivity contribution is 5.73. The topological polar surface area (TPSA) is 69.8 Å². The third kappa shape index (κ3) is 6.42. The number of likely N-dealkylation sites (tertiary alicyclic amines) is 2. The highest BCUT2D eigenvalue weighted by Gasteiger charge is 2.42. The molecule has 2 aromatic carbocycles. The second kappa shape index (κ2) is 11.6. The van der Waals surface area contributed by atoms with Crippen LogP contribution in [-0.4, -0.2) is 64.6 Å². The molecule has 0 bridgehead atoms. The Morgan fingerprint density at radius 1 is 1.05 bits per heavy atom. The van der Waals surface area contributed by atoms with Crippen molar-refractivity contribution in [1.82, 2.24) is 14.8 Å². The van der Waals surface area contributed by atoms with Crippen LogP contribution in [0.25, 0.3) is 0 Å². The average Bonchev–Trinajstić information content (AvgIpc) is 3.49. The number of carboxylic acid groups (broad SMARTS) is 1. The molecule has 3 fully saturated rings. The van der Waals surface area contributed by atoms with Gasteiger partial charge in [0.05, 0.1) is 6.20 Å². The number of oxazole rings is 1. The van der Waals surface area contributed by atoms with Gasteiger partial charge in [0.1, 0.15) is 17.6 Å². The Balaban J connectivity index is 1.09. The van der Waals surface area contributed by atoms with Gasteiger partial charge < -0.3 is 14.4 Å². The number of hydrogen-bond donors (Lipinski definition) is 1. The molecule has 3 aliphatic rings. The molecule has 1 aromatic heterocycles. The van der Waals surface area contributed by atoms with Crippen LogP contribution in [0.5, 0.6) is 0 Å². The fourth-order valence-corrected chi connectivity index (χ4v) is 6.63. The molecule has 3 heterocycles. The molecule has 0 spiro atoms. The van der Waals surface area contributed by atoms with Crippen molar-refractivity contribution in [3.8, 4) is 0 Å². The van der Waals surface area contributed by atoms with Crippen LogP contribution < -0.4 is 0 Å². The summed E-state index contributed by atoms with van der Waals surface area (Å²) in [7, 11) is 0. The van der Waals surface area contributed by atoms with Crippen LogP contribution in [0.4, 0.5) is 4.39 Å². The normalized spacial score (nSPS) is 23.7. The lowest BCUT2D eigenvalue weighted by molar-refractivity contribution is -0.143. The molecule has 3 aromatic rings. The Hall–Kier alpha value is -3.03. The summed E-state index contributed by atoms with van der Waals surface area (Å²) in [6, 6.07) is 16.7. The van der Waals surface area contributed by atoms with Gasteiger partial charge in [0.15, 0.2) is 5.89 Å². The van der Waals surface area contributed by atoms with Crippen molar-refractivity contribution in [3.63, 3.8) is 0 Å². The van der Waals surface area contributed by atoms with E-state index >= 15 is 0 Å². The van der Waals surface area contributed by atoms with Crippen molar-refractivity contribution < 1.29 is 18.7 Å². The fourth-order valence-electron chi connectivity index (χ4n) is 6.63. The van der Waals surface area contributed by atoms with E-state index in [1.54, 1.807) is 12.1 Å². The molecule has 0 radical (unpaired) electrons. The molecule has 2 saturated heterocycles. The number of nitrogens with zero attached hydrogens (tertiary/aromatic N) is 3. The third-order valence-electron chi connectivity index (χ3n) is 8.98. The standard InChI is InChI=1S/C32H38FN3O3/c33-27-8-4-7-25(17-27)28-21-36(29(32(37)38)15-23-9-10-23)20-26(28)19-35-13-11-24(12-14-35)30-18-34-31(39-30)16-22-5-2-1-3-6-22/h1-8,17-18,23-24,26,28-29H,9-16,19-21H2,(H,37,38)/t26-,28+,29?/m0/s1. The molecule has 3 atom stereocenters. The largest absolute Gasteiger partial charge is 0.480 e. The number of aromatic nitrogens is 1. The smallest absolute Gasteiger partial charge is 0.320 e. The van der Waals surface area contributed by atoms with Crippen LogP contribution in [0.2, 0.25) is 0 Å². The van der Waals surface area contributed by atoms with Gasteiger partial charge in [-0.25, -0.2) is 9.37 Å². The minimum atomic E-state index is -0.722. The zero-order valence-electron chi connectivity index (χ0n) is 22.4. The molecule has 1 saturated carbocycles. The van der Waals surface area contributed by atoms with Crippen molar-refractivity contribution in [3.05, 3.63) is 89.4 Å². The molecule has 7 heteroatoms. The molecule has 1 aliphatic carbocycles. The second-order valence-corrected chi connectivity index (χ2v) is 11.8. The van der Waals surface area contributed by atoms with Crippen LogP contribution in [0.15, 0.2) is 65.2 Å². The highest BCUT2D eigenvalue weighted by atomic mass is 19.1. The van der Waals surface area contributed by atoms with Crippen molar-refractivity contribution in [1.29, 1.82) is 0 Å². The van der Waals surface area contributed by atoms with E-state index in [1.807, 2.05) is 30.5 Å². The number of piperidine rings is 1. The molecule has 6 nitrogen and oxygen atoms in total. The van der Waals surface area contributed by atoms with Crippen LogP contribution >= 0.6 is 0 Å². The lowest BCUT2D eigenvalue weighted by Gasteiger charge is -2.34. The van der Waals surface area contributed by atoms with E-state index in [9.17, 15) is 14.3 Å². The first-order valence-electron chi connectivity index (χ1n) is 14.4. The van der Waals surface area contributed by atoms with Crippen molar-refractivity contribution in [2.75, 3.05) is 32.7 Å². The third-order valence-corrected chi connectivity index (χ3v) is 8.98. The average molecular weight is 532 g/mol. The van der Waals surface area contributed by atoms with Gasteiger partial charge in [-0.2, -0.15) is 0 Å². The van der Waals surface area contributed by atoms with Gasteiger partial charge in [-0.05, 0) is 67.4 Å². The van der Waals surface area contributed by atoms with Crippen molar-refractivity contribution in [2.45, 2.75) is 56.4 Å². The van der Waals surface area contributed by atoms with E-state index < -0.39 is 12.0 Å². The molecule has 206 valence electrons. The first kappa shape index (κ1) is 26.2. The molecular formula is C32H38FN3O3. The maximum atomic E-state index is 14.2. The Bertz CT molecular complexity index is 1250. The lowest BCUT2D eigenvalue weighted by Crippen LogP contribution is -2.41. The maximum Gasteiger partial charge on any atom is 0.320 e. The Labute approximate surface area is 229 Å². The molecule has 0 amide bonds. The van der Waals surface area contributed by atoms with Gasteiger partial charge in [0, 0.05) is 37.9 Å². The molecule has 1 N–H and O–H groups in total.